The van der Waals surface area contributed by atoms with Crippen molar-refractivity contribution in [2.45, 2.75) is 0 Å². The summed E-state index contributed by atoms with van der Waals surface area (Å²) in [6.45, 7) is 0. The number of phenolic OH excluding ortho intramolecular Hbond substituents is 1. The van der Waals surface area contributed by atoms with Crippen LogP contribution in [0.5, 0.6) is 11.5 Å². The van der Waals surface area contributed by atoms with E-state index in [1.807, 2.05) is 0 Å². The summed E-state index contributed by atoms with van der Waals surface area (Å²) < 4.78 is 0. The zero-order chi connectivity index (χ0) is 9.30. The van der Waals surface area contributed by atoms with Gasteiger partial charge >= 0.3 is 5.97 Å². The van der Waals surface area contributed by atoms with Crippen LogP contribution in [0.3, 0.4) is 0 Å². The van der Waals surface area contributed by atoms with Crippen LogP contribution >= 0.6 is 0 Å². The second kappa shape index (κ2) is 2.61. The van der Waals surface area contributed by atoms with Gasteiger partial charge in [-0.2, -0.15) is 0 Å². The van der Waals surface area contributed by atoms with E-state index in [0.717, 1.165) is 12.1 Å². The zero-order valence-corrected chi connectivity index (χ0v) is 5.98. The fourth-order valence-electron chi connectivity index (χ4n) is 0.770. The lowest BCUT2D eigenvalue weighted by molar-refractivity contribution is 0.0694. The van der Waals surface area contributed by atoms with E-state index in [-0.39, 0.29) is 17.0 Å². The van der Waals surface area contributed by atoms with E-state index in [2.05, 4.69) is 0 Å². The molecule has 5 heteroatoms. The molecular formula is C7H7NO4. The lowest BCUT2D eigenvalue weighted by Gasteiger charge is -2.03. The maximum atomic E-state index is 10.4. The van der Waals surface area contributed by atoms with E-state index >= 15 is 0 Å². The monoisotopic (exact) mass is 169 g/mol. The van der Waals surface area contributed by atoms with Crippen LogP contribution in [0.15, 0.2) is 12.1 Å². The molecule has 0 aliphatic rings. The molecule has 0 radical (unpaired) electrons. The minimum Gasteiger partial charge on any atom is -0.506 e. The van der Waals surface area contributed by atoms with Crippen molar-refractivity contribution in [2.75, 3.05) is 5.73 Å². The van der Waals surface area contributed by atoms with E-state index < -0.39 is 11.7 Å². The predicted molar refractivity (Wildman–Crippen MR) is 41.1 cm³/mol. The maximum Gasteiger partial charge on any atom is 0.339 e. The van der Waals surface area contributed by atoms with Gasteiger partial charge in [0, 0.05) is 0 Å². The highest BCUT2D eigenvalue weighted by Gasteiger charge is 2.13. The van der Waals surface area contributed by atoms with Gasteiger partial charge in [-0.1, -0.05) is 0 Å². The smallest absolute Gasteiger partial charge is 0.339 e. The van der Waals surface area contributed by atoms with Crippen molar-refractivity contribution in [3.05, 3.63) is 17.7 Å². The molecule has 0 amide bonds. The number of carboxylic acid groups (broad SMARTS) is 1. The summed E-state index contributed by atoms with van der Waals surface area (Å²) in [5.41, 5.74) is 4.50. The Morgan fingerprint density at radius 1 is 1.33 bits per heavy atom. The number of phenols is 2. The van der Waals surface area contributed by atoms with Gasteiger partial charge in [0.05, 0.1) is 0 Å². The van der Waals surface area contributed by atoms with E-state index in [1.54, 1.807) is 0 Å². The number of benzene rings is 1. The molecule has 0 spiro atoms. The number of carboxylic acids is 1. The van der Waals surface area contributed by atoms with Gasteiger partial charge in [-0.05, 0) is 12.1 Å². The summed E-state index contributed by atoms with van der Waals surface area (Å²) in [4.78, 5) is 10.4. The Labute approximate surface area is 67.7 Å². The number of hydrogen-bond donors (Lipinski definition) is 4. The Bertz CT molecular complexity index is 334. The first-order chi connectivity index (χ1) is 5.54. The molecule has 1 aromatic carbocycles. The standard InChI is InChI=1S/C7H7NO4/c8-5-4(9)2-1-3(6(5)10)7(11)12/h1-2,9-10H,8H2,(H,11,12). The highest BCUT2D eigenvalue weighted by molar-refractivity contribution is 5.93. The Morgan fingerprint density at radius 3 is 2.42 bits per heavy atom. The molecule has 1 rings (SSSR count). The third kappa shape index (κ3) is 1.12. The third-order valence-electron chi connectivity index (χ3n) is 1.42. The first-order valence-corrected chi connectivity index (χ1v) is 3.07. The highest BCUT2D eigenvalue weighted by atomic mass is 16.4. The van der Waals surface area contributed by atoms with Crippen LogP contribution < -0.4 is 5.73 Å². The highest BCUT2D eigenvalue weighted by Crippen LogP contribution is 2.32. The van der Waals surface area contributed by atoms with Gasteiger partial charge in [0.25, 0.3) is 0 Å². The molecule has 0 saturated carbocycles. The molecule has 0 unspecified atom stereocenters. The second-order valence-electron chi connectivity index (χ2n) is 2.20. The van der Waals surface area contributed by atoms with Crippen molar-refractivity contribution >= 4 is 11.7 Å². The molecule has 0 fully saturated rings. The van der Waals surface area contributed by atoms with Crippen LogP contribution in [-0.2, 0) is 0 Å². The Balaban J connectivity index is 3.36. The SMILES string of the molecule is Nc1c(O)ccc(C(=O)O)c1O. The van der Waals surface area contributed by atoms with Gasteiger partial charge in [0.1, 0.15) is 17.0 Å². The van der Waals surface area contributed by atoms with Crippen molar-refractivity contribution in [2.24, 2.45) is 0 Å². The third-order valence-corrected chi connectivity index (χ3v) is 1.42. The molecule has 5 nitrogen and oxygen atoms in total. The molecule has 0 atom stereocenters. The summed E-state index contributed by atoms with van der Waals surface area (Å²) in [5, 5.41) is 26.5. The van der Waals surface area contributed by atoms with E-state index in [1.165, 1.54) is 0 Å². The quantitative estimate of drug-likeness (QED) is 0.359. The molecule has 64 valence electrons. The van der Waals surface area contributed by atoms with Gasteiger partial charge in [0.15, 0.2) is 5.75 Å². The molecule has 0 bridgehead atoms. The number of aromatic carboxylic acids is 1. The van der Waals surface area contributed by atoms with Gasteiger partial charge in [-0.3, -0.25) is 0 Å². The molecule has 0 aromatic heterocycles. The number of anilines is 1. The minimum absolute atomic E-state index is 0.324. The summed E-state index contributed by atoms with van der Waals surface area (Å²) in [6, 6.07) is 2.18. The van der Waals surface area contributed by atoms with Crippen molar-refractivity contribution in [3.63, 3.8) is 0 Å². The normalized spacial score (nSPS) is 9.67. The molecule has 1 aromatic rings. The average Bonchev–Trinajstić information content (AvgIpc) is 2.00. The number of nitrogens with two attached hydrogens (primary N) is 1. The van der Waals surface area contributed by atoms with Crippen molar-refractivity contribution < 1.29 is 20.1 Å². The minimum atomic E-state index is -1.29. The number of aromatic hydroxyl groups is 2. The lowest BCUT2D eigenvalue weighted by Crippen LogP contribution is -1.99. The van der Waals surface area contributed by atoms with Crippen LogP contribution in [0.4, 0.5) is 5.69 Å². The van der Waals surface area contributed by atoms with Crippen LogP contribution in [0.25, 0.3) is 0 Å². The molecule has 5 N–H and O–H groups in total. The second-order valence-corrected chi connectivity index (χ2v) is 2.20. The fraction of sp³-hybridized carbons (Fsp3) is 0. The average molecular weight is 169 g/mol. The van der Waals surface area contributed by atoms with Gasteiger partial charge in [-0.15, -0.1) is 0 Å². The summed E-state index contributed by atoms with van der Waals surface area (Å²) >= 11 is 0. The zero-order valence-electron chi connectivity index (χ0n) is 5.98. The summed E-state index contributed by atoms with van der Waals surface area (Å²) in [7, 11) is 0. The van der Waals surface area contributed by atoms with E-state index in [9.17, 15) is 4.79 Å². The van der Waals surface area contributed by atoms with Gasteiger partial charge < -0.3 is 21.1 Å². The summed E-state index contributed by atoms with van der Waals surface area (Å²) in [5.74, 6) is -2.24. The van der Waals surface area contributed by atoms with Crippen molar-refractivity contribution in [3.8, 4) is 11.5 Å². The predicted octanol–water partition coefficient (Wildman–Crippen LogP) is 0.378. The maximum absolute atomic E-state index is 10.4. The van der Waals surface area contributed by atoms with Crippen LogP contribution in [-0.4, -0.2) is 21.3 Å². The number of rotatable bonds is 1. The Morgan fingerprint density at radius 2 is 1.92 bits per heavy atom. The Kier molecular flexibility index (Phi) is 1.78. The molecule has 12 heavy (non-hydrogen) atoms. The van der Waals surface area contributed by atoms with Crippen molar-refractivity contribution in [1.82, 2.24) is 0 Å². The Hall–Kier alpha value is -1.91. The summed E-state index contributed by atoms with van der Waals surface area (Å²) in [6.07, 6.45) is 0. The largest absolute Gasteiger partial charge is 0.506 e. The van der Waals surface area contributed by atoms with Gasteiger partial charge in [0.2, 0.25) is 0 Å². The van der Waals surface area contributed by atoms with E-state index in [0.29, 0.717) is 0 Å². The molecule has 0 saturated heterocycles. The first-order valence-electron chi connectivity index (χ1n) is 3.07. The lowest BCUT2D eigenvalue weighted by atomic mass is 10.1. The number of carbonyl (C=O) groups is 1. The fourth-order valence-corrected chi connectivity index (χ4v) is 0.770. The topological polar surface area (TPSA) is 104 Å². The van der Waals surface area contributed by atoms with Crippen LogP contribution in [0.1, 0.15) is 10.4 Å². The number of nitrogen functional groups attached to an aromatic ring is 1. The molecule has 0 aliphatic heterocycles. The van der Waals surface area contributed by atoms with Crippen LogP contribution in [0.2, 0.25) is 0 Å². The molecule has 0 heterocycles. The van der Waals surface area contributed by atoms with Crippen LogP contribution in [0, 0.1) is 0 Å². The van der Waals surface area contributed by atoms with Crippen molar-refractivity contribution in [1.29, 1.82) is 0 Å². The molecule has 0 aliphatic carbocycles. The van der Waals surface area contributed by atoms with Gasteiger partial charge in [-0.25, -0.2) is 4.79 Å². The number of hydrogen-bond acceptors (Lipinski definition) is 4. The molecular weight excluding hydrogens is 162 g/mol. The van der Waals surface area contributed by atoms with E-state index in [4.69, 9.17) is 21.1 Å². The first kappa shape index (κ1) is 8.19.